The second-order valence-corrected chi connectivity index (χ2v) is 10.1. The van der Waals surface area contributed by atoms with E-state index in [2.05, 4.69) is 10.1 Å². The highest BCUT2D eigenvalue weighted by Crippen LogP contribution is 2.31. The number of nitrogens with zero attached hydrogens (tertiary/aromatic N) is 3. The highest BCUT2D eigenvalue weighted by molar-refractivity contribution is 5.92. The molecule has 1 aliphatic carbocycles. The summed E-state index contributed by atoms with van der Waals surface area (Å²) in [6, 6.07) is 0. The van der Waals surface area contributed by atoms with Crippen LogP contribution in [0.5, 0.6) is 0 Å². The van der Waals surface area contributed by atoms with Crippen molar-refractivity contribution in [1.82, 2.24) is 15.0 Å². The third-order valence-corrected chi connectivity index (χ3v) is 6.22. The molecule has 3 rings (SSSR count). The van der Waals surface area contributed by atoms with Gasteiger partial charge in [0, 0.05) is 19.0 Å². The molecular formula is C23H35N3O6. The molecule has 32 heavy (non-hydrogen) atoms. The third-order valence-electron chi connectivity index (χ3n) is 6.22. The van der Waals surface area contributed by atoms with Crippen molar-refractivity contribution < 1.29 is 28.8 Å². The molecule has 178 valence electrons. The van der Waals surface area contributed by atoms with Crippen LogP contribution in [0.25, 0.3) is 0 Å². The fraction of sp³-hybridized carbons (Fsp3) is 0.783. The lowest BCUT2D eigenvalue weighted by molar-refractivity contribution is -0.155. The molecule has 2 aliphatic rings. The van der Waals surface area contributed by atoms with E-state index in [1.54, 1.807) is 0 Å². The number of hydrogen-bond donors (Lipinski definition) is 1. The maximum absolute atomic E-state index is 12.5. The predicted octanol–water partition coefficient (Wildman–Crippen LogP) is 3.79. The van der Waals surface area contributed by atoms with Crippen molar-refractivity contribution in [3.8, 4) is 0 Å². The summed E-state index contributed by atoms with van der Waals surface area (Å²) in [7, 11) is 0. The molecule has 0 radical (unpaired) electrons. The molecule has 1 saturated heterocycles. The molecule has 1 aliphatic heterocycles. The number of esters is 1. The summed E-state index contributed by atoms with van der Waals surface area (Å²) in [6.45, 7) is 5.75. The molecule has 1 aromatic heterocycles. The van der Waals surface area contributed by atoms with Crippen LogP contribution in [0.4, 0.5) is 0 Å². The SMILES string of the molecule is CC(C)(C)OC(=O)CC(CCCC1CCCCC1)c1nc(C(=O)N2CC(C(=O)O)C2)no1. The summed E-state index contributed by atoms with van der Waals surface area (Å²) in [4.78, 5) is 41.6. The van der Waals surface area contributed by atoms with E-state index in [1.807, 2.05) is 20.8 Å². The van der Waals surface area contributed by atoms with E-state index in [1.165, 1.54) is 37.0 Å². The number of carboxylic acids is 1. The van der Waals surface area contributed by atoms with Crippen molar-refractivity contribution in [1.29, 1.82) is 0 Å². The van der Waals surface area contributed by atoms with Crippen LogP contribution in [-0.2, 0) is 14.3 Å². The molecule has 2 heterocycles. The maximum atomic E-state index is 12.5. The lowest BCUT2D eigenvalue weighted by atomic mass is 9.84. The van der Waals surface area contributed by atoms with Gasteiger partial charge in [-0.2, -0.15) is 4.98 Å². The first-order chi connectivity index (χ1) is 15.1. The Morgan fingerprint density at radius 2 is 1.88 bits per heavy atom. The molecule has 1 saturated carbocycles. The van der Waals surface area contributed by atoms with Crippen molar-refractivity contribution in [2.45, 2.75) is 90.1 Å². The molecule has 1 aromatic rings. The Hall–Kier alpha value is -2.45. The van der Waals surface area contributed by atoms with Crippen molar-refractivity contribution in [2.75, 3.05) is 13.1 Å². The molecule has 0 spiro atoms. The predicted molar refractivity (Wildman–Crippen MR) is 115 cm³/mol. The number of hydrogen-bond acceptors (Lipinski definition) is 7. The number of carbonyl (C=O) groups is 3. The minimum Gasteiger partial charge on any atom is -0.481 e. The van der Waals surface area contributed by atoms with Gasteiger partial charge in [-0.05, 0) is 33.1 Å². The minimum absolute atomic E-state index is 0.0923. The summed E-state index contributed by atoms with van der Waals surface area (Å²) < 4.78 is 10.9. The Morgan fingerprint density at radius 3 is 2.50 bits per heavy atom. The lowest BCUT2D eigenvalue weighted by Crippen LogP contribution is -2.53. The molecule has 2 fully saturated rings. The number of carboxylic acid groups (broad SMARTS) is 1. The van der Waals surface area contributed by atoms with E-state index in [4.69, 9.17) is 14.4 Å². The van der Waals surface area contributed by atoms with Crippen LogP contribution in [0.3, 0.4) is 0 Å². The second kappa shape index (κ2) is 10.4. The number of likely N-dealkylation sites (tertiary alicyclic amines) is 1. The molecule has 9 nitrogen and oxygen atoms in total. The first kappa shape index (κ1) is 24.2. The van der Waals surface area contributed by atoms with Crippen molar-refractivity contribution in [3.05, 3.63) is 11.7 Å². The summed E-state index contributed by atoms with van der Waals surface area (Å²) in [6.07, 6.45) is 9.30. The van der Waals surface area contributed by atoms with Gasteiger partial charge in [-0.1, -0.05) is 50.1 Å². The molecule has 1 unspecified atom stereocenters. The average molecular weight is 450 g/mol. The topological polar surface area (TPSA) is 123 Å². The van der Waals surface area contributed by atoms with E-state index in [-0.39, 0.29) is 43.1 Å². The summed E-state index contributed by atoms with van der Waals surface area (Å²) >= 11 is 0. The standard InChI is InChI=1S/C23H35N3O6/c1-23(2,3)31-18(27)12-16(11-7-10-15-8-5-4-6-9-15)20-24-19(25-32-20)21(28)26-13-17(14-26)22(29)30/h15-17H,4-14H2,1-3H3,(H,29,30). The average Bonchev–Trinajstić information content (AvgIpc) is 3.15. The zero-order valence-corrected chi connectivity index (χ0v) is 19.3. The summed E-state index contributed by atoms with van der Waals surface area (Å²) in [5.74, 6) is -1.66. The minimum atomic E-state index is -0.918. The molecule has 0 aromatic carbocycles. The van der Waals surface area contributed by atoms with E-state index < -0.39 is 23.4 Å². The fourth-order valence-corrected chi connectivity index (χ4v) is 4.46. The fourth-order valence-electron chi connectivity index (χ4n) is 4.46. The first-order valence-corrected chi connectivity index (χ1v) is 11.7. The van der Waals surface area contributed by atoms with Gasteiger partial charge in [0.2, 0.25) is 5.89 Å². The van der Waals surface area contributed by atoms with E-state index in [0.717, 1.165) is 18.8 Å². The Kier molecular flexibility index (Phi) is 7.90. The van der Waals surface area contributed by atoms with Gasteiger partial charge in [0.15, 0.2) is 0 Å². The Morgan fingerprint density at radius 1 is 1.19 bits per heavy atom. The zero-order chi connectivity index (χ0) is 23.3. The van der Waals surface area contributed by atoms with Crippen LogP contribution in [-0.4, -0.2) is 56.7 Å². The molecule has 1 N–H and O–H groups in total. The van der Waals surface area contributed by atoms with Crippen LogP contribution >= 0.6 is 0 Å². The van der Waals surface area contributed by atoms with Gasteiger partial charge < -0.3 is 19.3 Å². The van der Waals surface area contributed by atoms with Gasteiger partial charge in [-0.25, -0.2) is 0 Å². The van der Waals surface area contributed by atoms with Crippen LogP contribution in [0.2, 0.25) is 0 Å². The monoisotopic (exact) mass is 449 g/mol. The van der Waals surface area contributed by atoms with Crippen LogP contribution in [0.1, 0.15) is 101 Å². The van der Waals surface area contributed by atoms with Crippen molar-refractivity contribution in [2.24, 2.45) is 11.8 Å². The normalized spacial score (nSPS) is 18.8. The van der Waals surface area contributed by atoms with E-state index >= 15 is 0 Å². The van der Waals surface area contributed by atoms with Gasteiger partial charge in [0.05, 0.1) is 12.3 Å². The number of amides is 1. The maximum Gasteiger partial charge on any atom is 0.310 e. The Balaban J connectivity index is 1.62. The number of rotatable bonds is 9. The molecule has 1 atom stereocenters. The summed E-state index contributed by atoms with van der Waals surface area (Å²) in [5, 5.41) is 12.8. The number of carbonyl (C=O) groups excluding carboxylic acids is 2. The quantitative estimate of drug-likeness (QED) is 0.565. The van der Waals surface area contributed by atoms with Crippen molar-refractivity contribution in [3.63, 3.8) is 0 Å². The lowest BCUT2D eigenvalue weighted by Gasteiger charge is -2.35. The smallest absolute Gasteiger partial charge is 0.310 e. The van der Waals surface area contributed by atoms with Gasteiger partial charge in [0.25, 0.3) is 11.7 Å². The van der Waals surface area contributed by atoms with Gasteiger partial charge in [-0.15, -0.1) is 0 Å². The Labute approximate surface area is 188 Å². The largest absolute Gasteiger partial charge is 0.481 e. The molecule has 1 amide bonds. The van der Waals surface area contributed by atoms with Gasteiger partial charge >= 0.3 is 11.9 Å². The highest BCUT2D eigenvalue weighted by atomic mass is 16.6. The third kappa shape index (κ3) is 6.77. The first-order valence-electron chi connectivity index (χ1n) is 11.7. The zero-order valence-electron chi connectivity index (χ0n) is 19.3. The van der Waals surface area contributed by atoms with E-state index in [0.29, 0.717) is 6.42 Å². The number of aromatic nitrogens is 2. The number of aliphatic carboxylic acids is 1. The molecule has 9 heteroatoms. The second-order valence-electron chi connectivity index (χ2n) is 10.1. The molecule has 0 bridgehead atoms. The Bertz CT molecular complexity index is 803. The number of ether oxygens (including phenoxy) is 1. The molecular weight excluding hydrogens is 414 g/mol. The van der Waals surface area contributed by atoms with Gasteiger partial charge in [-0.3, -0.25) is 14.4 Å². The van der Waals surface area contributed by atoms with E-state index in [9.17, 15) is 14.4 Å². The van der Waals surface area contributed by atoms with Crippen LogP contribution < -0.4 is 0 Å². The van der Waals surface area contributed by atoms with Crippen LogP contribution in [0, 0.1) is 11.8 Å². The van der Waals surface area contributed by atoms with Crippen molar-refractivity contribution >= 4 is 17.8 Å². The van der Waals surface area contributed by atoms with Gasteiger partial charge in [0.1, 0.15) is 5.60 Å². The summed E-state index contributed by atoms with van der Waals surface area (Å²) in [5.41, 5.74) is -0.585. The van der Waals surface area contributed by atoms with Crippen LogP contribution in [0.15, 0.2) is 4.52 Å². The highest BCUT2D eigenvalue weighted by Gasteiger charge is 2.38.